The number of nitrogens with zero attached hydrogens (tertiary/aromatic N) is 3. The molecule has 2 aliphatic heterocycles. The number of rotatable bonds is 4. The predicted octanol–water partition coefficient (Wildman–Crippen LogP) is 2.24. The summed E-state index contributed by atoms with van der Waals surface area (Å²) in [5.41, 5.74) is 1.39. The first-order valence-electron chi connectivity index (χ1n) is 8.45. The van der Waals surface area contributed by atoms with Crippen molar-refractivity contribution in [3.8, 4) is 6.07 Å². The Hall–Kier alpha value is -1.48. The fourth-order valence-corrected chi connectivity index (χ4v) is 3.64. The van der Waals surface area contributed by atoms with Crippen molar-refractivity contribution in [1.29, 1.82) is 5.26 Å². The third-order valence-electron chi connectivity index (χ3n) is 4.80. The van der Waals surface area contributed by atoms with Gasteiger partial charge in [0, 0.05) is 32.7 Å². The van der Waals surface area contributed by atoms with Crippen molar-refractivity contribution < 1.29 is 9.13 Å². The monoisotopic (exact) mass is 317 g/mol. The smallest absolute Gasteiger partial charge is 0.123 e. The maximum absolute atomic E-state index is 13.5. The van der Waals surface area contributed by atoms with Crippen molar-refractivity contribution >= 4 is 0 Å². The van der Waals surface area contributed by atoms with Gasteiger partial charge in [-0.2, -0.15) is 5.26 Å². The van der Waals surface area contributed by atoms with Crippen LogP contribution in [0.3, 0.4) is 0 Å². The summed E-state index contributed by atoms with van der Waals surface area (Å²) in [5.74, 6) is 0.391. The zero-order valence-corrected chi connectivity index (χ0v) is 13.5. The zero-order chi connectivity index (χ0) is 16.1. The molecule has 0 aliphatic carbocycles. The average Bonchev–Trinajstić information content (AvgIpc) is 2.56. The van der Waals surface area contributed by atoms with Crippen molar-refractivity contribution in [3.63, 3.8) is 0 Å². The summed E-state index contributed by atoms with van der Waals surface area (Å²) in [6.45, 7) is 7.57. The fraction of sp³-hybridized carbons (Fsp3) is 0.611. The van der Waals surface area contributed by atoms with Crippen molar-refractivity contribution in [2.75, 3.05) is 45.9 Å². The molecule has 0 unspecified atom stereocenters. The Morgan fingerprint density at radius 3 is 2.83 bits per heavy atom. The van der Waals surface area contributed by atoms with Gasteiger partial charge in [-0.25, -0.2) is 4.39 Å². The summed E-state index contributed by atoms with van der Waals surface area (Å²) in [4.78, 5) is 4.85. The second-order valence-electron chi connectivity index (χ2n) is 6.57. The van der Waals surface area contributed by atoms with Crippen LogP contribution in [0.5, 0.6) is 0 Å². The number of benzene rings is 1. The van der Waals surface area contributed by atoms with E-state index in [-0.39, 0.29) is 5.82 Å². The lowest BCUT2D eigenvalue weighted by Crippen LogP contribution is -2.44. The molecule has 2 heterocycles. The molecule has 3 rings (SSSR count). The molecule has 2 aliphatic rings. The van der Waals surface area contributed by atoms with Crippen LogP contribution < -0.4 is 0 Å². The van der Waals surface area contributed by atoms with Crippen LogP contribution in [0.15, 0.2) is 18.2 Å². The molecule has 1 atom stereocenters. The SMILES string of the molecule is N#Cc1ccc(F)cc1CN1CCC[C@@H](CN2CCOCC2)C1. The van der Waals surface area contributed by atoms with Gasteiger partial charge in [0.2, 0.25) is 0 Å². The normalized spacial score (nSPS) is 23.6. The lowest BCUT2D eigenvalue weighted by atomic mass is 9.96. The number of hydrogen-bond donors (Lipinski definition) is 0. The quantitative estimate of drug-likeness (QED) is 0.854. The van der Waals surface area contributed by atoms with Crippen LogP contribution >= 0.6 is 0 Å². The molecule has 2 fully saturated rings. The largest absolute Gasteiger partial charge is 0.379 e. The molecule has 0 radical (unpaired) electrons. The van der Waals surface area contributed by atoms with Gasteiger partial charge in [0.25, 0.3) is 0 Å². The zero-order valence-electron chi connectivity index (χ0n) is 13.5. The highest BCUT2D eigenvalue weighted by atomic mass is 19.1. The molecular formula is C18H24FN3O. The third-order valence-corrected chi connectivity index (χ3v) is 4.80. The molecule has 23 heavy (non-hydrogen) atoms. The van der Waals surface area contributed by atoms with E-state index in [1.165, 1.54) is 25.0 Å². The van der Waals surface area contributed by atoms with E-state index < -0.39 is 0 Å². The minimum atomic E-state index is -0.263. The molecule has 0 bridgehead atoms. The van der Waals surface area contributed by atoms with Gasteiger partial charge in [-0.3, -0.25) is 9.80 Å². The maximum Gasteiger partial charge on any atom is 0.123 e. The number of halogens is 1. The second kappa shape index (κ2) is 7.87. The van der Waals surface area contributed by atoms with Crippen molar-refractivity contribution in [3.05, 3.63) is 35.1 Å². The summed E-state index contributed by atoms with van der Waals surface area (Å²) in [6.07, 6.45) is 2.42. The van der Waals surface area contributed by atoms with E-state index in [1.54, 1.807) is 6.07 Å². The van der Waals surface area contributed by atoms with E-state index in [9.17, 15) is 9.65 Å². The predicted molar refractivity (Wildman–Crippen MR) is 86.4 cm³/mol. The van der Waals surface area contributed by atoms with Crippen LogP contribution in [0.1, 0.15) is 24.0 Å². The number of likely N-dealkylation sites (tertiary alicyclic amines) is 1. The fourth-order valence-electron chi connectivity index (χ4n) is 3.64. The molecule has 0 spiro atoms. The molecule has 0 saturated carbocycles. The van der Waals surface area contributed by atoms with E-state index in [4.69, 9.17) is 4.74 Å². The first-order chi connectivity index (χ1) is 11.2. The van der Waals surface area contributed by atoms with Gasteiger partial charge >= 0.3 is 0 Å². The van der Waals surface area contributed by atoms with E-state index >= 15 is 0 Å². The molecule has 1 aromatic carbocycles. The summed E-state index contributed by atoms with van der Waals surface area (Å²) >= 11 is 0. The van der Waals surface area contributed by atoms with Crippen LogP contribution in [0.4, 0.5) is 4.39 Å². The highest BCUT2D eigenvalue weighted by Crippen LogP contribution is 2.21. The third kappa shape index (κ3) is 4.51. The Morgan fingerprint density at radius 2 is 2.04 bits per heavy atom. The second-order valence-corrected chi connectivity index (χ2v) is 6.57. The molecular weight excluding hydrogens is 293 g/mol. The van der Waals surface area contributed by atoms with Gasteiger partial charge < -0.3 is 4.74 Å². The van der Waals surface area contributed by atoms with Gasteiger partial charge in [-0.1, -0.05) is 0 Å². The Kier molecular flexibility index (Phi) is 5.60. The average molecular weight is 317 g/mol. The Labute approximate surface area is 137 Å². The summed E-state index contributed by atoms with van der Waals surface area (Å²) in [5, 5.41) is 9.20. The van der Waals surface area contributed by atoms with E-state index in [2.05, 4.69) is 15.9 Å². The lowest BCUT2D eigenvalue weighted by Gasteiger charge is -2.36. The first kappa shape index (κ1) is 16.4. The van der Waals surface area contributed by atoms with Crippen LogP contribution in [-0.2, 0) is 11.3 Å². The van der Waals surface area contributed by atoms with Gasteiger partial charge in [0.15, 0.2) is 0 Å². The Balaban J connectivity index is 1.58. The topological polar surface area (TPSA) is 39.5 Å². The van der Waals surface area contributed by atoms with Crippen LogP contribution in [0, 0.1) is 23.1 Å². The van der Waals surface area contributed by atoms with Crippen molar-refractivity contribution in [2.24, 2.45) is 5.92 Å². The molecule has 0 amide bonds. The minimum Gasteiger partial charge on any atom is -0.379 e. The van der Waals surface area contributed by atoms with Crippen molar-refractivity contribution in [1.82, 2.24) is 9.80 Å². The number of ether oxygens (including phenoxy) is 1. The maximum atomic E-state index is 13.5. The number of hydrogen-bond acceptors (Lipinski definition) is 4. The standard InChI is InChI=1S/C18H24FN3O/c19-18-4-3-16(11-20)17(10-18)14-22-5-1-2-15(13-22)12-21-6-8-23-9-7-21/h3-4,10,15H,1-2,5-9,12-14H2/t15-/m0/s1. The van der Waals surface area contributed by atoms with Crippen LogP contribution in [0.2, 0.25) is 0 Å². The van der Waals surface area contributed by atoms with Gasteiger partial charge in [0.1, 0.15) is 5.82 Å². The number of nitriles is 1. The molecule has 0 aromatic heterocycles. The Morgan fingerprint density at radius 1 is 1.22 bits per heavy atom. The van der Waals surface area contributed by atoms with E-state index in [1.807, 2.05) is 0 Å². The molecule has 2 saturated heterocycles. The Bertz CT molecular complexity index is 566. The molecule has 0 N–H and O–H groups in total. The lowest BCUT2D eigenvalue weighted by molar-refractivity contribution is 0.0224. The summed E-state index contributed by atoms with van der Waals surface area (Å²) in [6, 6.07) is 6.62. The minimum absolute atomic E-state index is 0.263. The highest BCUT2D eigenvalue weighted by molar-refractivity contribution is 5.37. The van der Waals surface area contributed by atoms with E-state index in [0.717, 1.165) is 51.5 Å². The number of piperidine rings is 1. The van der Waals surface area contributed by atoms with Gasteiger partial charge in [-0.05, 0) is 49.1 Å². The molecule has 124 valence electrons. The van der Waals surface area contributed by atoms with Crippen LogP contribution in [0.25, 0.3) is 0 Å². The van der Waals surface area contributed by atoms with Crippen LogP contribution in [-0.4, -0.2) is 55.7 Å². The summed E-state index contributed by atoms with van der Waals surface area (Å²) in [7, 11) is 0. The van der Waals surface area contributed by atoms with Crippen molar-refractivity contribution in [2.45, 2.75) is 19.4 Å². The number of morpholine rings is 1. The highest BCUT2D eigenvalue weighted by Gasteiger charge is 2.23. The van der Waals surface area contributed by atoms with Gasteiger partial charge in [0.05, 0.1) is 24.8 Å². The summed E-state index contributed by atoms with van der Waals surface area (Å²) < 4.78 is 18.9. The van der Waals surface area contributed by atoms with E-state index in [0.29, 0.717) is 18.0 Å². The first-order valence-corrected chi connectivity index (χ1v) is 8.45. The molecule has 1 aromatic rings. The molecule has 5 heteroatoms. The molecule has 4 nitrogen and oxygen atoms in total. The van der Waals surface area contributed by atoms with Gasteiger partial charge in [-0.15, -0.1) is 0 Å².